The number of amides is 1. The monoisotopic (exact) mass is 475 g/mol. The summed E-state index contributed by atoms with van der Waals surface area (Å²) in [6.07, 6.45) is -6.27. The molecule has 2 aromatic rings. The van der Waals surface area contributed by atoms with Gasteiger partial charge in [0.25, 0.3) is 0 Å². The highest BCUT2D eigenvalue weighted by Gasteiger charge is 2.31. The van der Waals surface area contributed by atoms with Crippen molar-refractivity contribution in [3.8, 4) is 5.75 Å². The quantitative estimate of drug-likeness (QED) is 0.624. The van der Waals surface area contributed by atoms with Crippen molar-refractivity contribution in [1.29, 1.82) is 0 Å². The highest BCUT2D eigenvalue weighted by Crippen LogP contribution is 2.30. The van der Waals surface area contributed by atoms with Crippen molar-refractivity contribution in [1.82, 2.24) is 4.90 Å². The fourth-order valence-corrected chi connectivity index (χ4v) is 3.44. The van der Waals surface area contributed by atoms with Crippen molar-refractivity contribution in [2.45, 2.75) is 43.5 Å². The standard InChI is InChI=1S/C21H24F3NO6S/c1-20(2,3)30-19(27)25(4)13-18(26)14-5-9-16(10-6-14)31-32(28,29)17-11-7-15(8-12-17)21(22,23)24/h5-12,18,26H,13H2,1-4H3. The Hall–Kier alpha value is -2.79. The highest BCUT2D eigenvalue weighted by molar-refractivity contribution is 7.87. The molecule has 0 radical (unpaired) electrons. The Morgan fingerprint density at radius 1 is 1.03 bits per heavy atom. The van der Waals surface area contributed by atoms with E-state index in [1.54, 1.807) is 20.8 Å². The molecule has 0 saturated heterocycles. The highest BCUT2D eigenvalue weighted by atomic mass is 32.2. The number of nitrogens with zero attached hydrogens (tertiary/aromatic N) is 1. The van der Waals surface area contributed by atoms with Crippen LogP contribution in [0.15, 0.2) is 53.4 Å². The van der Waals surface area contributed by atoms with Gasteiger partial charge in [0.15, 0.2) is 0 Å². The van der Waals surface area contributed by atoms with Crippen molar-refractivity contribution in [2.24, 2.45) is 0 Å². The van der Waals surface area contributed by atoms with Gasteiger partial charge in [-0.15, -0.1) is 0 Å². The van der Waals surface area contributed by atoms with E-state index in [9.17, 15) is 31.5 Å². The van der Waals surface area contributed by atoms with Crippen LogP contribution < -0.4 is 4.18 Å². The minimum absolute atomic E-state index is 0.0705. The summed E-state index contributed by atoms with van der Waals surface area (Å²) in [6, 6.07) is 8.30. The molecule has 1 amide bonds. The average molecular weight is 475 g/mol. The van der Waals surface area contributed by atoms with E-state index in [1.807, 2.05) is 0 Å². The van der Waals surface area contributed by atoms with Crippen LogP contribution in [0, 0.1) is 0 Å². The van der Waals surface area contributed by atoms with Crippen molar-refractivity contribution in [2.75, 3.05) is 13.6 Å². The number of alkyl halides is 3. The fraction of sp³-hybridized carbons (Fsp3) is 0.381. The summed E-state index contributed by atoms with van der Waals surface area (Å²) < 4.78 is 72.7. The third-order valence-electron chi connectivity index (χ3n) is 4.09. The lowest BCUT2D eigenvalue weighted by molar-refractivity contribution is -0.137. The zero-order valence-electron chi connectivity index (χ0n) is 17.9. The van der Waals surface area contributed by atoms with Crippen LogP contribution in [0.4, 0.5) is 18.0 Å². The van der Waals surface area contributed by atoms with Gasteiger partial charge >= 0.3 is 22.4 Å². The Kier molecular flexibility index (Phi) is 7.46. The molecular weight excluding hydrogens is 451 g/mol. The smallest absolute Gasteiger partial charge is 0.416 e. The van der Waals surface area contributed by atoms with Crippen LogP contribution in [0.5, 0.6) is 5.75 Å². The number of hydrogen-bond donors (Lipinski definition) is 1. The van der Waals surface area contributed by atoms with Gasteiger partial charge in [0, 0.05) is 7.05 Å². The number of halogens is 3. The van der Waals surface area contributed by atoms with E-state index in [0.29, 0.717) is 17.7 Å². The molecule has 2 rings (SSSR count). The normalized spacial score (nSPS) is 13.4. The van der Waals surface area contributed by atoms with Crippen LogP contribution in [0.2, 0.25) is 0 Å². The maximum atomic E-state index is 12.6. The third-order valence-corrected chi connectivity index (χ3v) is 5.35. The van der Waals surface area contributed by atoms with E-state index < -0.39 is 44.6 Å². The Bertz CT molecular complexity index is 1030. The van der Waals surface area contributed by atoms with E-state index in [0.717, 1.165) is 12.1 Å². The molecule has 0 spiro atoms. The number of carbonyl (C=O) groups is 1. The lowest BCUT2D eigenvalue weighted by Crippen LogP contribution is -2.36. The summed E-state index contributed by atoms with van der Waals surface area (Å²) in [4.78, 5) is 12.8. The summed E-state index contributed by atoms with van der Waals surface area (Å²) in [5.41, 5.74) is -1.28. The average Bonchev–Trinajstić information content (AvgIpc) is 2.66. The summed E-state index contributed by atoms with van der Waals surface area (Å²) in [5, 5.41) is 10.3. The lowest BCUT2D eigenvalue weighted by Gasteiger charge is -2.26. The first-order chi connectivity index (χ1) is 14.6. The number of hydrogen-bond acceptors (Lipinski definition) is 6. The van der Waals surface area contributed by atoms with Gasteiger partial charge in [-0.3, -0.25) is 0 Å². The van der Waals surface area contributed by atoms with Gasteiger partial charge in [0.05, 0.1) is 18.2 Å². The summed E-state index contributed by atoms with van der Waals surface area (Å²) >= 11 is 0. The number of rotatable bonds is 6. The Labute approximate surface area is 184 Å². The van der Waals surface area contributed by atoms with Gasteiger partial charge in [-0.1, -0.05) is 12.1 Å². The molecule has 32 heavy (non-hydrogen) atoms. The molecule has 0 heterocycles. The molecule has 0 saturated carbocycles. The molecular formula is C21H24F3NO6S. The second kappa shape index (κ2) is 9.37. The van der Waals surface area contributed by atoms with E-state index in [2.05, 4.69) is 0 Å². The van der Waals surface area contributed by atoms with Crippen LogP contribution in [-0.4, -0.2) is 43.7 Å². The zero-order chi connectivity index (χ0) is 24.3. The lowest BCUT2D eigenvalue weighted by atomic mass is 10.1. The van der Waals surface area contributed by atoms with Gasteiger partial charge in [-0.2, -0.15) is 21.6 Å². The van der Waals surface area contributed by atoms with Gasteiger partial charge in [-0.25, -0.2) is 4.79 Å². The Morgan fingerprint density at radius 3 is 2.03 bits per heavy atom. The molecule has 0 bridgehead atoms. The third kappa shape index (κ3) is 7.13. The Morgan fingerprint density at radius 2 is 1.56 bits per heavy atom. The fourth-order valence-electron chi connectivity index (χ4n) is 2.51. The van der Waals surface area contributed by atoms with Crippen molar-refractivity contribution < 1.29 is 40.4 Å². The topological polar surface area (TPSA) is 93.1 Å². The molecule has 7 nitrogen and oxygen atoms in total. The molecule has 0 aliphatic heterocycles. The number of aliphatic hydroxyl groups excluding tert-OH is 1. The number of benzene rings is 2. The molecule has 176 valence electrons. The maximum absolute atomic E-state index is 12.6. The molecule has 2 aromatic carbocycles. The minimum Gasteiger partial charge on any atom is -0.444 e. The molecule has 1 atom stereocenters. The van der Waals surface area contributed by atoms with Crippen LogP contribution in [-0.2, 0) is 21.0 Å². The van der Waals surface area contributed by atoms with Crippen molar-refractivity contribution in [3.05, 3.63) is 59.7 Å². The molecule has 0 aliphatic carbocycles. The summed E-state index contributed by atoms with van der Waals surface area (Å²) in [7, 11) is -2.89. The van der Waals surface area contributed by atoms with E-state index in [-0.39, 0.29) is 12.3 Å². The first kappa shape index (κ1) is 25.5. The predicted molar refractivity (Wildman–Crippen MR) is 110 cm³/mol. The largest absolute Gasteiger partial charge is 0.444 e. The van der Waals surface area contributed by atoms with E-state index >= 15 is 0 Å². The number of likely N-dealkylation sites (N-methyl/N-ethyl adjacent to an activating group) is 1. The summed E-state index contributed by atoms with van der Waals surface area (Å²) in [6.45, 7) is 5.07. The number of carbonyl (C=O) groups excluding carboxylic acids is 1. The molecule has 0 aliphatic rings. The van der Waals surface area contributed by atoms with Crippen LogP contribution in [0.25, 0.3) is 0 Å². The molecule has 1 N–H and O–H groups in total. The van der Waals surface area contributed by atoms with E-state index in [4.69, 9.17) is 8.92 Å². The first-order valence-electron chi connectivity index (χ1n) is 9.42. The zero-order valence-corrected chi connectivity index (χ0v) is 18.7. The number of aliphatic hydroxyl groups is 1. The SMILES string of the molecule is CN(CC(O)c1ccc(OS(=O)(=O)c2ccc(C(F)(F)F)cc2)cc1)C(=O)OC(C)(C)C. The Balaban J connectivity index is 2.04. The maximum Gasteiger partial charge on any atom is 0.416 e. The first-order valence-corrected chi connectivity index (χ1v) is 10.8. The number of ether oxygens (including phenoxy) is 1. The molecule has 0 fully saturated rings. The second-order valence-electron chi connectivity index (χ2n) is 8.01. The van der Waals surface area contributed by atoms with Crippen molar-refractivity contribution in [3.63, 3.8) is 0 Å². The second-order valence-corrected chi connectivity index (χ2v) is 9.55. The van der Waals surface area contributed by atoms with Crippen molar-refractivity contribution >= 4 is 16.2 Å². The van der Waals surface area contributed by atoms with E-state index in [1.165, 1.54) is 36.2 Å². The molecule has 1 unspecified atom stereocenters. The van der Waals surface area contributed by atoms with Gasteiger partial charge in [-0.05, 0) is 62.7 Å². The van der Waals surface area contributed by atoms with Crippen LogP contribution in [0.3, 0.4) is 0 Å². The van der Waals surface area contributed by atoms with Gasteiger partial charge in [0.2, 0.25) is 0 Å². The summed E-state index contributed by atoms with van der Waals surface area (Å²) in [5.74, 6) is -0.0960. The van der Waals surface area contributed by atoms with Gasteiger partial charge < -0.3 is 18.9 Å². The van der Waals surface area contributed by atoms with Crippen LogP contribution in [0.1, 0.15) is 38.0 Å². The molecule has 11 heteroatoms. The van der Waals surface area contributed by atoms with Crippen LogP contribution >= 0.6 is 0 Å². The predicted octanol–water partition coefficient (Wildman–Crippen LogP) is 4.37. The van der Waals surface area contributed by atoms with Gasteiger partial charge in [0.1, 0.15) is 16.2 Å². The molecule has 0 aromatic heterocycles. The minimum atomic E-state index is -4.59.